The zero-order chi connectivity index (χ0) is 16.2. The van der Waals surface area contributed by atoms with Gasteiger partial charge in [0.2, 0.25) is 6.79 Å². The Bertz CT molecular complexity index is 791. The molecule has 0 spiro atoms. The summed E-state index contributed by atoms with van der Waals surface area (Å²) in [7, 11) is 0. The predicted octanol–water partition coefficient (Wildman–Crippen LogP) is 1.48. The molecule has 0 aliphatic carbocycles. The van der Waals surface area contributed by atoms with Crippen LogP contribution >= 0.6 is 0 Å². The summed E-state index contributed by atoms with van der Waals surface area (Å²) in [6.45, 7) is 0.00479. The number of aromatic nitrogens is 1. The Morgan fingerprint density at radius 3 is 2.87 bits per heavy atom. The molecule has 0 bridgehead atoms. The first-order valence-electron chi connectivity index (χ1n) is 6.46. The van der Waals surface area contributed by atoms with Crippen molar-refractivity contribution in [3.8, 4) is 11.5 Å². The molecule has 9 nitrogen and oxygen atoms in total. The molecule has 2 aromatic rings. The molecule has 2 heterocycles. The number of pyridine rings is 1. The lowest BCUT2D eigenvalue weighted by molar-refractivity contribution is -0.385. The van der Waals surface area contributed by atoms with Crippen molar-refractivity contribution in [2.75, 3.05) is 6.79 Å². The van der Waals surface area contributed by atoms with Gasteiger partial charge in [0.25, 0.3) is 11.6 Å². The zero-order valence-electron chi connectivity index (χ0n) is 11.6. The number of nitrogens with one attached hydrogen (secondary N) is 1. The maximum Gasteiger partial charge on any atom is 0.282 e. The molecule has 1 N–H and O–H groups in total. The van der Waals surface area contributed by atoms with Crippen LogP contribution in [0.4, 0.5) is 5.69 Å². The number of carbonyl (C=O) groups is 1. The first-order valence-corrected chi connectivity index (χ1v) is 6.46. The van der Waals surface area contributed by atoms with Crippen molar-refractivity contribution < 1.29 is 19.2 Å². The van der Waals surface area contributed by atoms with E-state index in [4.69, 9.17) is 9.47 Å². The van der Waals surface area contributed by atoms with Crippen LogP contribution in [0.15, 0.2) is 41.8 Å². The monoisotopic (exact) mass is 314 g/mol. The predicted molar refractivity (Wildman–Crippen MR) is 78.5 cm³/mol. The number of benzene rings is 1. The Hall–Kier alpha value is -3.49. The molecule has 1 aromatic heterocycles. The summed E-state index contributed by atoms with van der Waals surface area (Å²) in [6.07, 6.45) is 4.10. The van der Waals surface area contributed by atoms with Crippen LogP contribution in [-0.4, -0.2) is 28.8 Å². The second kappa shape index (κ2) is 6.10. The van der Waals surface area contributed by atoms with Crippen LogP contribution in [0.1, 0.15) is 15.9 Å². The fourth-order valence-corrected chi connectivity index (χ4v) is 1.93. The highest BCUT2D eigenvalue weighted by Crippen LogP contribution is 2.37. The van der Waals surface area contributed by atoms with Crippen molar-refractivity contribution >= 4 is 17.8 Å². The highest BCUT2D eigenvalue weighted by molar-refractivity contribution is 5.95. The third kappa shape index (κ3) is 3.07. The molecule has 1 aromatic carbocycles. The van der Waals surface area contributed by atoms with Crippen molar-refractivity contribution in [1.29, 1.82) is 0 Å². The summed E-state index contributed by atoms with van der Waals surface area (Å²) in [6, 6.07) is 5.87. The summed E-state index contributed by atoms with van der Waals surface area (Å²) < 4.78 is 10.3. The Kier molecular flexibility index (Phi) is 3.83. The minimum atomic E-state index is -0.563. The maximum absolute atomic E-state index is 11.8. The largest absolute Gasteiger partial charge is 0.454 e. The first-order chi connectivity index (χ1) is 11.1. The van der Waals surface area contributed by atoms with Crippen molar-refractivity contribution in [3.63, 3.8) is 0 Å². The molecule has 0 fully saturated rings. The smallest absolute Gasteiger partial charge is 0.282 e. The quantitative estimate of drug-likeness (QED) is 0.519. The van der Waals surface area contributed by atoms with Gasteiger partial charge in [-0.15, -0.1) is 0 Å². The third-order valence-corrected chi connectivity index (χ3v) is 3.01. The van der Waals surface area contributed by atoms with Gasteiger partial charge in [0.05, 0.1) is 28.3 Å². The number of nitrogens with zero attached hydrogens (tertiary/aromatic N) is 3. The van der Waals surface area contributed by atoms with Gasteiger partial charge >= 0.3 is 0 Å². The fraction of sp³-hybridized carbons (Fsp3) is 0.0714. The molecule has 0 saturated carbocycles. The van der Waals surface area contributed by atoms with E-state index in [1.54, 1.807) is 12.1 Å². The summed E-state index contributed by atoms with van der Waals surface area (Å²) in [5, 5.41) is 14.8. The average Bonchev–Trinajstić information content (AvgIpc) is 3.02. The molecule has 1 aliphatic heterocycles. The standard InChI is InChI=1S/C14H10N4O5/c19-14(9-2-1-3-15-6-9)17-16-7-10-4-12-13(23-8-22-12)5-11(10)18(20)21/h1-7H,8H2,(H,17,19)/b16-7-. The average molecular weight is 314 g/mol. The number of hydrogen-bond acceptors (Lipinski definition) is 7. The van der Waals surface area contributed by atoms with Crippen molar-refractivity contribution in [3.05, 3.63) is 57.9 Å². The lowest BCUT2D eigenvalue weighted by Crippen LogP contribution is -2.17. The van der Waals surface area contributed by atoms with E-state index in [1.165, 1.54) is 30.7 Å². The number of amides is 1. The fourth-order valence-electron chi connectivity index (χ4n) is 1.93. The van der Waals surface area contributed by atoms with E-state index in [-0.39, 0.29) is 18.0 Å². The lowest BCUT2D eigenvalue weighted by atomic mass is 10.1. The minimum Gasteiger partial charge on any atom is -0.454 e. The lowest BCUT2D eigenvalue weighted by Gasteiger charge is -2.01. The molecule has 3 rings (SSSR count). The SMILES string of the molecule is O=C(N/N=C\c1cc2c(cc1[N+](=O)[O-])OCO2)c1cccnc1. The van der Waals surface area contributed by atoms with Gasteiger partial charge in [0.15, 0.2) is 11.5 Å². The number of nitro groups is 1. The molecular weight excluding hydrogens is 304 g/mol. The number of rotatable bonds is 4. The summed E-state index contributed by atoms with van der Waals surface area (Å²) in [4.78, 5) is 26.1. The Labute approximate surface area is 129 Å². The van der Waals surface area contributed by atoms with E-state index in [1.807, 2.05) is 0 Å². The summed E-state index contributed by atoms with van der Waals surface area (Å²) >= 11 is 0. The van der Waals surface area contributed by atoms with Gasteiger partial charge in [-0.1, -0.05) is 0 Å². The number of nitro benzene ring substituents is 1. The van der Waals surface area contributed by atoms with Gasteiger partial charge in [0, 0.05) is 12.4 Å². The molecule has 0 atom stereocenters. The molecule has 0 radical (unpaired) electrons. The van der Waals surface area contributed by atoms with Crippen molar-refractivity contribution in [2.24, 2.45) is 5.10 Å². The van der Waals surface area contributed by atoms with E-state index in [0.29, 0.717) is 17.1 Å². The van der Waals surface area contributed by atoms with Gasteiger partial charge < -0.3 is 9.47 Å². The number of hydrogen-bond donors (Lipinski definition) is 1. The van der Waals surface area contributed by atoms with Gasteiger partial charge in [-0.2, -0.15) is 5.10 Å². The second-order valence-corrected chi connectivity index (χ2v) is 4.46. The molecule has 1 amide bonds. The maximum atomic E-state index is 11.8. The molecule has 0 unspecified atom stereocenters. The topological polar surface area (TPSA) is 116 Å². The van der Waals surface area contributed by atoms with Gasteiger partial charge in [-0.05, 0) is 18.2 Å². The van der Waals surface area contributed by atoms with Crippen molar-refractivity contribution in [1.82, 2.24) is 10.4 Å². The van der Waals surface area contributed by atoms with E-state index < -0.39 is 10.8 Å². The van der Waals surface area contributed by atoms with Crippen LogP contribution in [0.5, 0.6) is 11.5 Å². The summed E-state index contributed by atoms with van der Waals surface area (Å²) in [5.41, 5.74) is 2.59. The Balaban J connectivity index is 1.79. The van der Waals surface area contributed by atoms with Crippen LogP contribution in [0.25, 0.3) is 0 Å². The van der Waals surface area contributed by atoms with Crippen LogP contribution in [0.3, 0.4) is 0 Å². The van der Waals surface area contributed by atoms with E-state index in [9.17, 15) is 14.9 Å². The van der Waals surface area contributed by atoms with Crippen LogP contribution in [-0.2, 0) is 0 Å². The van der Waals surface area contributed by atoms with Crippen LogP contribution in [0, 0.1) is 10.1 Å². The molecule has 1 aliphatic rings. The molecule has 0 saturated heterocycles. The van der Waals surface area contributed by atoms with E-state index >= 15 is 0 Å². The Morgan fingerprint density at radius 1 is 1.39 bits per heavy atom. The number of ether oxygens (including phenoxy) is 2. The molecule has 23 heavy (non-hydrogen) atoms. The Morgan fingerprint density at radius 2 is 2.17 bits per heavy atom. The highest BCUT2D eigenvalue weighted by Gasteiger charge is 2.22. The van der Waals surface area contributed by atoms with Crippen molar-refractivity contribution in [2.45, 2.75) is 0 Å². The first kappa shape index (κ1) is 14.4. The molecule has 9 heteroatoms. The number of hydrazone groups is 1. The van der Waals surface area contributed by atoms with Gasteiger partial charge in [0.1, 0.15) is 0 Å². The van der Waals surface area contributed by atoms with E-state index in [2.05, 4.69) is 15.5 Å². The minimum absolute atomic E-state index is 0.00479. The van der Waals surface area contributed by atoms with Gasteiger partial charge in [-0.3, -0.25) is 19.9 Å². The van der Waals surface area contributed by atoms with Crippen LogP contribution < -0.4 is 14.9 Å². The van der Waals surface area contributed by atoms with E-state index in [0.717, 1.165) is 0 Å². The molecule has 116 valence electrons. The second-order valence-electron chi connectivity index (χ2n) is 4.46. The molecular formula is C14H10N4O5. The normalized spacial score (nSPS) is 12.3. The number of carbonyl (C=O) groups excluding carboxylic acids is 1. The van der Waals surface area contributed by atoms with Gasteiger partial charge in [-0.25, -0.2) is 5.43 Å². The number of fused-ring (bicyclic) bond motifs is 1. The summed E-state index contributed by atoms with van der Waals surface area (Å²) in [5.74, 6) is 0.210. The third-order valence-electron chi connectivity index (χ3n) is 3.01. The zero-order valence-corrected chi connectivity index (χ0v) is 11.6. The highest BCUT2D eigenvalue weighted by atomic mass is 16.7. The van der Waals surface area contributed by atoms with Crippen LogP contribution in [0.2, 0.25) is 0 Å².